The maximum Gasteiger partial charge on any atom is 0.422 e. The van der Waals surface area contributed by atoms with Crippen molar-refractivity contribution in [2.75, 3.05) is 20.8 Å². The molecule has 2 aromatic rings. The van der Waals surface area contributed by atoms with Crippen molar-refractivity contribution >= 4 is 5.96 Å². The molecule has 9 heteroatoms. The molecule has 0 heterocycles. The minimum Gasteiger partial charge on any atom is -0.493 e. The number of guanidine groups is 1. The fraction of sp³-hybridized carbons (Fsp3) is 0.350. The van der Waals surface area contributed by atoms with Crippen LogP contribution in [-0.2, 0) is 13.1 Å². The summed E-state index contributed by atoms with van der Waals surface area (Å²) in [7, 11) is 2.95. The molecule has 158 valence electrons. The Morgan fingerprint density at radius 1 is 1.00 bits per heavy atom. The maximum atomic E-state index is 13.6. The lowest BCUT2D eigenvalue weighted by Gasteiger charge is -2.15. The predicted molar refractivity (Wildman–Crippen MR) is 103 cm³/mol. The monoisotopic (exact) mass is 413 g/mol. The lowest BCUT2D eigenvalue weighted by atomic mass is 10.1. The summed E-state index contributed by atoms with van der Waals surface area (Å²) < 4.78 is 60.5. The van der Waals surface area contributed by atoms with Gasteiger partial charge in [0.05, 0.1) is 7.11 Å². The summed E-state index contributed by atoms with van der Waals surface area (Å²) in [5.41, 5.74) is 2.10. The molecule has 0 aliphatic heterocycles. The molecule has 29 heavy (non-hydrogen) atoms. The van der Waals surface area contributed by atoms with Crippen LogP contribution in [0.25, 0.3) is 0 Å². The number of rotatable bonds is 7. The molecule has 0 saturated heterocycles. The van der Waals surface area contributed by atoms with Crippen molar-refractivity contribution in [3.8, 4) is 11.5 Å². The van der Waals surface area contributed by atoms with Gasteiger partial charge >= 0.3 is 6.18 Å². The van der Waals surface area contributed by atoms with Crippen LogP contribution in [0.15, 0.2) is 41.4 Å². The quantitative estimate of drug-likeness (QED) is 0.410. The number of hydrogen-bond acceptors (Lipinski definition) is 3. The second kappa shape index (κ2) is 9.99. The maximum absolute atomic E-state index is 13.6. The molecule has 0 spiro atoms. The summed E-state index contributed by atoms with van der Waals surface area (Å²) in [4.78, 5) is 4.09. The van der Waals surface area contributed by atoms with Crippen LogP contribution >= 0.6 is 0 Å². The van der Waals surface area contributed by atoms with Gasteiger partial charge in [-0.25, -0.2) is 4.39 Å². The number of hydrogen-bond donors (Lipinski definition) is 2. The van der Waals surface area contributed by atoms with Crippen LogP contribution in [-0.4, -0.2) is 32.9 Å². The van der Waals surface area contributed by atoms with E-state index in [4.69, 9.17) is 9.47 Å². The Bertz CT molecular complexity index is 854. The van der Waals surface area contributed by atoms with Crippen LogP contribution < -0.4 is 20.1 Å². The van der Waals surface area contributed by atoms with Gasteiger partial charge in [-0.3, -0.25) is 4.99 Å². The van der Waals surface area contributed by atoms with Gasteiger partial charge < -0.3 is 20.1 Å². The van der Waals surface area contributed by atoms with Crippen molar-refractivity contribution in [3.63, 3.8) is 0 Å². The van der Waals surface area contributed by atoms with E-state index < -0.39 is 12.8 Å². The Hall–Kier alpha value is -2.97. The van der Waals surface area contributed by atoms with Crippen LogP contribution in [0.5, 0.6) is 11.5 Å². The van der Waals surface area contributed by atoms with Gasteiger partial charge in [-0.05, 0) is 41.8 Å². The van der Waals surface area contributed by atoms with Gasteiger partial charge in [-0.15, -0.1) is 0 Å². The second-order valence-electron chi connectivity index (χ2n) is 6.25. The molecule has 0 amide bonds. The first kappa shape index (κ1) is 22.3. The Morgan fingerprint density at radius 3 is 2.17 bits per heavy atom. The Morgan fingerprint density at radius 2 is 1.62 bits per heavy atom. The number of nitrogens with one attached hydrogen (secondary N) is 2. The van der Waals surface area contributed by atoms with E-state index >= 15 is 0 Å². The van der Waals surface area contributed by atoms with Crippen LogP contribution in [0.4, 0.5) is 17.6 Å². The van der Waals surface area contributed by atoms with Crippen molar-refractivity contribution in [2.24, 2.45) is 4.99 Å². The summed E-state index contributed by atoms with van der Waals surface area (Å²) in [6, 6.07) is 9.62. The van der Waals surface area contributed by atoms with E-state index in [1.807, 2.05) is 6.07 Å². The zero-order valence-electron chi connectivity index (χ0n) is 16.4. The third kappa shape index (κ3) is 7.17. The summed E-state index contributed by atoms with van der Waals surface area (Å²) in [5, 5.41) is 6.15. The molecule has 0 aliphatic carbocycles. The van der Waals surface area contributed by atoms with Crippen molar-refractivity contribution in [1.29, 1.82) is 0 Å². The van der Waals surface area contributed by atoms with E-state index in [0.29, 0.717) is 24.6 Å². The minimum absolute atomic E-state index is 0.0116. The van der Waals surface area contributed by atoms with Gasteiger partial charge in [0.2, 0.25) is 0 Å². The van der Waals surface area contributed by atoms with Gasteiger partial charge in [-0.2, -0.15) is 13.2 Å². The smallest absolute Gasteiger partial charge is 0.422 e. The Labute approximate surface area is 166 Å². The van der Waals surface area contributed by atoms with Crippen molar-refractivity contribution < 1.29 is 27.0 Å². The first-order valence-electron chi connectivity index (χ1n) is 8.78. The largest absolute Gasteiger partial charge is 0.493 e. The first-order valence-corrected chi connectivity index (χ1v) is 8.78. The molecule has 0 atom stereocenters. The number of aryl methyl sites for hydroxylation is 1. The van der Waals surface area contributed by atoms with E-state index in [1.54, 1.807) is 32.2 Å². The molecule has 0 fully saturated rings. The number of benzene rings is 2. The summed E-state index contributed by atoms with van der Waals surface area (Å²) >= 11 is 0. The summed E-state index contributed by atoms with van der Waals surface area (Å²) in [6.07, 6.45) is -4.43. The highest BCUT2D eigenvalue weighted by Crippen LogP contribution is 2.29. The molecule has 5 nitrogen and oxygen atoms in total. The van der Waals surface area contributed by atoms with Crippen molar-refractivity contribution in [1.82, 2.24) is 10.6 Å². The molecule has 2 rings (SSSR count). The minimum atomic E-state index is -4.43. The highest BCUT2D eigenvalue weighted by atomic mass is 19.4. The van der Waals surface area contributed by atoms with Crippen LogP contribution in [0.1, 0.15) is 16.7 Å². The van der Waals surface area contributed by atoms with Gasteiger partial charge in [-0.1, -0.05) is 18.2 Å². The molecule has 0 radical (unpaired) electrons. The van der Waals surface area contributed by atoms with Crippen LogP contribution in [0.2, 0.25) is 0 Å². The molecule has 0 aromatic heterocycles. The molecule has 2 N–H and O–H groups in total. The van der Waals surface area contributed by atoms with Crippen molar-refractivity contribution in [2.45, 2.75) is 26.2 Å². The second-order valence-corrected chi connectivity index (χ2v) is 6.25. The normalized spacial score (nSPS) is 11.9. The predicted octanol–water partition coefficient (Wildman–Crippen LogP) is 3.95. The molecule has 0 unspecified atom stereocenters. The SMILES string of the molecule is CN=C(NCc1ccc(C)c(F)c1)NCc1ccc(OCC(F)(F)F)c(OC)c1. The topological polar surface area (TPSA) is 54.9 Å². The standard InChI is InChI=1S/C20H23F4N3O2/c1-13-4-5-14(8-16(13)21)10-26-19(25-2)27-11-15-6-7-17(18(9-15)28-3)29-12-20(22,23)24/h4-9H,10-12H2,1-3H3,(H2,25,26,27). The van der Waals surface area contributed by atoms with Gasteiger partial charge in [0, 0.05) is 20.1 Å². The third-order valence-corrected chi connectivity index (χ3v) is 4.00. The third-order valence-electron chi connectivity index (χ3n) is 4.00. The zero-order chi connectivity index (χ0) is 21.4. The van der Waals surface area contributed by atoms with Gasteiger partial charge in [0.1, 0.15) is 5.82 Å². The average molecular weight is 413 g/mol. The lowest BCUT2D eigenvalue weighted by molar-refractivity contribution is -0.153. The highest BCUT2D eigenvalue weighted by Gasteiger charge is 2.29. The fourth-order valence-electron chi connectivity index (χ4n) is 2.44. The average Bonchev–Trinajstić information content (AvgIpc) is 2.68. The van der Waals surface area contributed by atoms with Gasteiger partial charge in [0.25, 0.3) is 0 Å². The number of methoxy groups -OCH3 is 1. The number of aliphatic imine (C=N–C) groups is 1. The Balaban J connectivity index is 1.93. The van der Waals surface area contributed by atoms with Crippen LogP contribution in [0, 0.1) is 12.7 Å². The molecule has 0 aliphatic rings. The van der Waals surface area contributed by atoms with E-state index in [-0.39, 0.29) is 17.3 Å². The molecule has 0 saturated carbocycles. The summed E-state index contributed by atoms with van der Waals surface area (Å²) in [6.45, 7) is 1.03. The van der Waals surface area contributed by atoms with E-state index in [0.717, 1.165) is 11.1 Å². The molecule has 2 aromatic carbocycles. The fourth-order valence-corrected chi connectivity index (χ4v) is 2.44. The van der Waals surface area contributed by atoms with E-state index in [9.17, 15) is 17.6 Å². The number of nitrogens with zero attached hydrogens (tertiary/aromatic N) is 1. The van der Waals surface area contributed by atoms with E-state index in [2.05, 4.69) is 15.6 Å². The molecular formula is C20H23F4N3O2. The number of halogens is 4. The van der Waals surface area contributed by atoms with Crippen LogP contribution in [0.3, 0.4) is 0 Å². The van der Waals surface area contributed by atoms with Gasteiger partial charge in [0.15, 0.2) is 24.1 Å². The number of alkyl halides is 3. The first-order chi connectivity index (χ1) is 13.7. The Kier molecular flexibility index (Phi) is 7.69. The zero-order valence-corrected chi connectivity index (χ0v) is 16.4. The number of ether oxygens (including phenoxy) is 2. The lowest BCUT2D eigenvalue weighted by Crippen LogP contribution is -2.36. The summed E-state index contributed by atoms with van der Waals surface area (Å²) in [5.74, 6) is 0.429. The molecular weight excluding hydrogens is 390 g/mol. The highest BCUT2D eigenvalue weighted by molar-refractivity contribution is 5.79. The van der Waals surface area contributed by atoms with E-state index in [1.165, 1.54) is 19.2 Å². The molecule has 0 bridgehead atoms. The van der Waals surface area contributed by atoms with Crippen molar-refractivity contribution in [3.05, 3.63) is 58.9 Å².